The van der Waals surface area contributed by atoms with Gasteiger partial charge in [0.15, 0.2) is 0 Å². The predicted octanol–water partition coefficient (Wildman–Crippen LogP) is 11.5. The van der Waals surface area contributed by atoms with Crippen molar-refractivity contribution in [1.29, 1.82) is 5.41 Å². The van der Waals surface area contributed by atoms with Gasteiger partial charge in [0.25, 0.3) is 0 Å². The fraction of sp³-hybridized carbons (Fsp3) is 0.439. The molecule has 0 fully saturated rings. The van der Waals surface area contributed by atoms with Crippen LogP contribution >= 0.6 is 0 Å². The van der Waals surface area contributed by atoms with E-state index in [0.29, 0.717) is 0 Å². The molecule has 4 nitrogen and oxygen atoms in total. The number of nitrogens with one attached hydrogen (secondary N) is 2. The van der Waals surface area contributed by atoms with Crippen molar-refractivity contribution in [3.8, 4) is 11.4 Å². The van der Waals surface area contributed by atoms with E-state index in [1.807, 2.05) is 31.3 Å². The van der Waals surface area contributed by atoms with E-state index in [1.54, 1.807) is 5.57 Å². The molecule has 0 unspecified atom stereocenters. The Morgan fingerprint density at radius 1 is 1.00 bits per heavy atom. The van der Waals surface area contributed by atoms with Gasteiger partial charge in [0, 0.05) is 39.9 Å². The Kier molecular flexibility index (Phi) is 13.6. The molecule has 0 bridgehead atoms. The van der Waals surface area contributed by atoms with E-state index in [2.05, 4.69) is 89.9 Å². The SMILES string of the molecule is CCC/C=C(/CCCCC(=N)CCC1=C2\C=C=C(c3c[nH]nc3-c3cccc(C)n3)C=CC2=C=CC/C=C\1)CCCCC(C)C. The number of aryl methyl sites for hydroxylation is 1. The molecule has 2 aliphatic rings. The fourth-order valence-corrected chi connectivity index (χ4v) is 5.89. The number of aromatic amines is 1. The van der Waals surface area contributed by atoms with Crippen LogP contribution in [-0.2, 0) is 0 Å². The van der Waals surface area contributed by atoms with E-state index >= 15 is 0 Å². The number of pyridine rings is 1. The van der Waals surface area contributed by atoms with Crippen molar-refractivity contribution in [2.75, 3.05) is 0 Å². The summed E-state index contributed by atoms with van der Waals surface area (Å²) in [7, 11) is 0. The van der Waals surface area contributed by atoms with Crippen LogP contribution in [0.2, 0.25) is 0 Å². The second-order valence-corrected chi connectivity index (χ2v) is 12.8. The maximum absolute atomic E-state index is 8.75. The Morgan fingerprint density at radius 3 is 2.60 bits per heavy atom. The molecule has 0 amide bonds. The molecule has 0 aliphatic heterocycles. The molecule has 236 valence electrons. The lowest BCUT2D eigenvalue weighted by molar-refractivity contribution is 0.533. The van der Waals surface area contributed by atoms with E-state index in [0.717, 1.165) is 83.1 Å². The van der Waals surface area contributed by atoms with Gasteiger partial charge in [-0.05, 0) is 119 Å². The minimum absolute atomic E-state index is 0.785. The molecule has 4 heteroatoms. The Balaban J connectivity index is 1.39. The van der Waals surface area contributed by atoms with Crippen LogP contribution in [0.4, 0.5) is 0 Å². The number of unbranched alkanes of at least 4 members (excludes halogenated alkanes) is 3. The lowest BCUT2D eigenvalue weighted by Gasteiger charge is -2.12. The van der Waals surface area contributed by atoms with Crippen molar-refractivity contribution in [2.24, 2.45) is 5.92 Å². The summed E-state index contributed by atoms with van der Waals surface area (Å²) < 4.78 is 0. The highest BCUT2D eigenvalue weighted by Gasteiger charge is 2.16. The number of aromatic nitrogens is 3. The number of allylic oxidation sites excluding steroid dienone is 10. The molecule has 0 saturated heterocycles. The molecule has 45 heavy (non-hydrogen) atoms. The Hall–Kier alpha value is -3.97. The summed E-state index contributed by atoms with van der Waals surface area (Å²) in [5, 5.41) is 16.3. The summed E-state index contributed by atoms with van der Waals surface area (Å²) in [5.41, 5.74) is 17.6. The van der Waals surface area contributed by atoms with E-state index in [9.17, 15) is 0 Å². The van der Waals surface area contributed by atoms with Gasteiger partial charge in [-0.1, -0.05) is 69.9 Å². The number of hydrogen-bond acceptors (Lipinski definition) is 3. The first-order valence-electron chi connectivity index (χ1n) is 17.2. The average molecular weight is 601 g/mol. The van der Waals surface area contributed by atoms with Crippen LogP contribution in [0.15, 0.2) is 101 Å². The van der Waals surface area contributed by atoms with E-state index in [4.69, 9.17) is 5.41 Å². The molecular weight excluding hydrogens is 548 g/mol. The number of hydrogen-bond donors (Lipinski definition) is 2. The fourth-order valence-electron chi connectivity index (χ4n) is 5.89. The Morgan fingerprint density at radius 2 is 1.80 bits per heavy atom. The number of fused-ring (bicyclic) bond motifs is 1. The maximum Gasteiger partial charge on any atom is 0.119 e. The van der Waals surface area contributed by atoms with Crippen LogP contribution in [0.5, 0.6) is 0 Å². The lowest BCUT2D eigenvalue weighted by Crippen LogP contribution is -2.00. The molecule has 2 aromatic heterocycles. The lowest BCUT2D eigenvalue weighted by atomic mass is 9.93. The summed E-state index contributed by atoms with van der Waals surface area (Å²) in [5.74, 6) is 0.800. The molecule has 2 heterocycles. The van der Waals surface area contributed by atoms with Gasteiger partial charge in [-0.2, -0.15) is 5.10 Å². The maximum atomic E-state index is 8.75. The minimum Gasteiger partial charge on any atom is -0.310 e. The second-order valence-electron chi connectivity index (χ2n) is 12.8. The molecule has 0 atom stereocenters. The molecule has 4 rings (SSSR count). The smallest absolute Gasteiger partial charge is 0.119 e. The Bertz CT molecular complexity index is 1560. The van der Waals surface area contributed by atoms with Crippen molar-refractivity contribution in [2.45, 2.75) is 111 Å². The number of rotatable bonds is 17. The van der Waals surface area contributed by atoms with Gasteiger partial charge in [0.1, 0.15) is 5.69 Å². The summed E-state index contributed by atoms with van der Waals surface area (Å²) >= 11 is 0. The summed E-state index contributed by atoms with van der Waals surface area (Å²) in [6, 6.07) is 6.00. The van der Waals surface area contributed by atoms with Crippen molar-refractivity contribution >= 4 is 11.3 Å². The van der Waals surface area contributed by atoms with Crippen LogP contribution in [0.3, 0.4) is 0 Å². The van der Waals surface area contributed by atoms with Gasteiger partial charge in [-0.15, -0.1) is 11.5 Å². The van der Waals surface area contributed by atoms with Crippen molar-refractivity contribution in [1.82, 2.24) is 15.2 Å². The third kappa shape index (κ3) is 10.9. The highest BCUT2D eigenvalue weighted by atomic mass is 15.1. The quantitative estimate of drug-likeness (QED) is 0.0821. The van der Waals surface area contributed by atoms with Crippen molar-refractivity contribution in [3.63, 3.8) is 0 Å². The van der Waals surface area contributed by atoms with E-state index < -0.39 is 0 Å². The highest BCUT2D eigenvalue weighted by Crippen LogP contribution is 2.31. The minimum atomic E-state index is 0.785. The molecular formula is C41H52N4. The van der Waals surface area contributed by atoms with Gasteiger partial charge < -0.3 is 5.41 Å². The molecule has 0 radical (unpaired) electrons. The first-order chi connectivity index (χ1) is 21.9. The Labute approximate surface area is 271 Å². The van der Waals surface area contributed by atoms with E-state index in [1.165, 1.54) is 56.9 Å². The molecule has 2 N–H and O–H groups in total. The van der Waals surface area contributed by atoms with Crippen molar-refractivity contribution < 1.29 is 0 Å². The number of H-pyrrole nitrogens is 1. The second kappa shape index (κ2) is 18.1. The zero-order valence-corrected chi connectivity index (χ0v) is 28.0. The summed E-state index contributed by atoms with van der Waals surface area (Å²) in [6.07, 6.45) is 31.8. The third-order valence-electron chi connectivity index (χ3n) is 8.49. The van der Waals surface area contributed by atoms with Crippen LogP contribution < -0.4 is 0 Å². The normalized spacial score (nSPS) is 17.0. The zero-order chi connectivity index (χ0) is 31.9. The predicted molar refractivity (Wildman–Crippen MR) is 191 cm³/mol. The van der Waals surface area contributed by atoms with Crippen LogP contribution in [0.1, 0.15) is 115 Å². The molecule has 2 aromatic rings. The monoisotopic (exact) mass is 600 g/mol. The first-order valence-corrected chi connectivity index (χ1v) is 17.2. The van der Waals surface area contributed by atoms with Gasteiger partial charge in [0.05, 0.1) is 5.69 Å². The van der Waals surface area contributed by atoms with Gasteiger partial charge >= 0.3 is 0 Å². The largest absolute Gasteiger partial charge is 0.310 e. The highest BCUT2D eigenvalue weighted by molar-refractivity contribution is 5.84. The van der Waals surface area contributed by atoms with Gasteiger partial charge in [0.2, 0.25) is 0 Å². The zero-order valence-electron chi connectivity index (χ0n) is 28.0. The summed E-state index contributed by atoms with van der Waals surface area (Å²) in [4.78, 5) is 4.69. The average Bonchev–Trinajstić information content (AvgIpc) is 3.42. The van der Waals surface area contributed by atoms with Crippen LogP contribution in [-0.4, -0.2) is 20.9 Å². The van der Waals surface area contributed by atoms with Gasteiger partial charge in [-0.3, -0.25) is 10.1 Å². The third-order valence-corrected chi connectivity index (χ3v) is 8.49. The van der Waals surface area contributed by atoms with Gasteiger partial charge in [-0.25, -0.2) is 0 Å². The van der Waals surface area contributed by atoms with E-state index in [-0.39, 0.29) is 0 Å². The topological polar surface area (TPSA) is 65.4 Å². The molecule has 2 aliphatic carbocycles. The molecule has 0 saturated carbocycles. The standard InChI is InChI=1S/C41H52N4/c1-5-6-17-33(18-11-10-15-31(2)3)19-12-13-22-37(42)28-26-35-21-9-7-8-20-34-24-25-36(27-29-38(34)35)39-30-43-45-41(39)40-23-14-16-32(4)44-40/h8-9,14,16-17,21,23-25,29-31,42H,5-7,10-13,15,18-19,22,26,28H2,1-4H3,(H,43,45)/b21-9-,33-17+,38-35+,42-37?. The first kappa shape index (κ1) is 33.9. The molecule has 0 spiro atoms. The molecule has 0 aromatic carbocycles. The van der Waals surface area contributed by atoms with Crippen LogP contribution in [0, 0.1) is 18.3 Å². The van der Waals surface area contributed by atoms with Crippen molar-refractivity contribution in [3.05, 3.63) is 112 Å². The summed E-state index contributed by atoms with van der Waals surface area (Å²) in [6.45, 7) is 8.90. The van der Waals surface area contributed by atoms with Crippen LogP contribution in [0.25, 0.3) is 17.0 Å². The number of nitrogens with zero attached hydrogens (tertiary/aromatic N) is 2.